The first-order chi connectivity index (χ1) is 13.6. The smallest absolute Gasteiger partial charge is 0.216 e. The van der Waals surface area contributed by atoms with Crippen LogP contribution in [0, 0.1) is 0 Å². The van der Waals surface area contributed by atoms with Crippen molar-refractivity contribution in [2.45, 2.75) is 44.8 Å². The Bertz CT molecular complexity index is 702. The van der Waals surface area contributed by atoms with E-state index in [-0.39, 0.29) is 12.0 Å². The van der Waals surface area contributed by atoms with E-state index in [1.54, 1.807) is 6.92 Å². The van der Waals surface area contributed by atoms with Gasteiger partial charge in [-0.3, -0.25) is 9.69 Å². The van der Waals surface area contributed by atoms with E-state index in [1.165, 1.54) is 12.8 Å². The predicted molar refractivity (Wildman–Crippen MR) is 112 cm³/mol. The van der Waals surface area contributed by atoms with Gasteiger partial charge >= 0.3 is 0 Å². The van der Waals surface area contributed by atoms with Gasteiger partial charge in [0.2, 0.25) is 5.91 Å². The maximum absolute atomic E-state index is 10.9. The number of halogens is 1. The number of allylic oxidation sites excluding steroid dienone is 1. The zero-order chi connectivity index (χ0) is 19.8. The van der Waals surface area contributed by atoms with Gasteiger partial charge in [0, 0.05) is 37.5 Å². The summed E-state index contributed by atoms with van der Waals surface area (Å²) in [6.45, 7) is 5.12. The summed E-state index contributed by atoms with van der Waals surface area (Å²) in [6, 6.07) is 7.88. The van der Waals surface area contributed by atoms with E-state index in [4.69, 9.17) is 21.1 Å². The lowest BCUT2D eigenvalue weighted by Crippen LogP contribution is -2.35. The van der Waals surface area contributed by atoms with Gasteiger partial charge in [-0.05, 0) is 68.3 Å². The summed E-state index contributed by atoms with van der Waals surface area (Å²) in [6.07, 6.45) is 10.3. The highest BCUT2D eigenvalue weighted by Gasteiger charge is 2.25. The molecule has 1 heterocycles. The number of nitrogens with zero attached hydrogens (tertiary/aromatic N) is 1. The number of benzene rings is 1. The van der Waals surface area contributed by atoms with E-state index >= 15 is 0 Å². The van der Waals surface area contributed by atoms with Crippen LogP contribution >= 0.6 is 11.6 Å². The fourth-order valence-electron chi connectivity index (χ4n) is 3.58. The quantitative estimate of drug-likeness (QED) is 0.633. The number of carbonyl (C=O) groups excluding carboxylic acids is 1. The van der Waals surface area contributed by atoms with Gasteiger partial charge in [-0.15, -0.1) is 0 Å². The van der Waals surface area contributed by atoms with E-state index in [0.717, 1.165) is 44.0 Å². The van der Waals surface area contributed by atoms with Gasteiger partial charge in [-0.2, -0.15) is 0 Å². The van der Waals surface area contributed by atoms with E-state index in [0.29, 0.717) is 17.7 Å². The van der Waals surface area contributed by atoms with Gasteiger partial charge in [0.25, 0.3) is 0 Å². The Morgan fingerprint density at radius 3 is 2.86 bits per heavy atom. The minimum atomic E-state index is 0.0188. The summed E-state index contributed by atoms with van der Waals surface area (Å²) < 4.78 is 12.0. The first-order valence-corrected chi connectivity index (χ1v) is 10.4. The highest BCUT2D eigenvalue weighted by Crippen LogP contribution is 2.22. The molecular weight excluding hydrogens is 376 g/mol. The fourth-order valence-corrected chi connectivity index (χ4v) is 3.71. The van der Waals surface area contributed by atoms with Crippen LogP contribution in [0.1, 0.15) is 32.6 Å². The summed E-state index contributed by atoms with van der Waals surface area (Å²) >= 11 is 5.90. The molecule has 6 heteroatoms. The van der Waals surface area contributed by atoms with Crippen LogP contribution in [0.2, 0.25) is 5.02 Å². The fraction of sp³-hybridized carbons (Fsp3) is 0.500. The van der Waals surface area contributed by atoms with Crippen LogP contribution in [0.3, 0.4) is 0 Å². The predicted octanol–water partition coefficient (Wildman–Crippen LogP) is 3.94. The molecule has 2 atom stereocenters. The summed E-state index contributed by atoms with van der Waals surface area (Å²) in [4.78, 5) is 13.4. The summed E-state index contributed by atoms with van der Waals surface area (Å²) in [5, 5.41) is 3.57. The topological polar surface area (TPSA) is 50.8 Å². The molecule has 1 aromatic carbocycles. The molecule has 1 aromatic rings. The van der Waals surface area contributed by atoms with Crippen LogP contribution < -0.4 is 10.1 Å². The molecule has 2 aliphatic rings. The van der Waals surface area contributed by atoms with Crippen molar-refractivity contribution in [1.29, 1.82) is 0 Å². The van der Waals surface area contributed by atoms with Crippen molar-refractivity contribution < 1.29 is 14.3 Å². The second-order valence-corrected chi connectivity index (χ2v) is 7.73. The standard InChI is InChI=1S/C22H29ClN2O3/c1-17(26)24-13-3-15-25-14-2-4-19(25)16-27-20-9-11-22(12-10-20)28-21-7-5-18(23)6-8-21/h5-11,19,22H,2-4,12-16H2,1H3,(H,24,26)/t19-,22?/m0/s1. The Labute approximate surface area is 172 Å². The van der Waals surface area contributed by atoms with Crippen molar-refractivity contribution in [3.63, 3.8) is 0 Å². The molecule has 0 bridgehead atoms. The number of hydrogen-bond acceptors (Lipinski definition) is 4. The Hall–Kier alpha value is -1.98. The summed E-state index contributed by atoms with van der Waals surface area (Å²) in [5.74, 6) is 1.77. The molecule has 1 amide bonds. The second-order valence-electron chi connectivity index (χ2n) is 7.29. The molecule has 152 valence electrons. The van der Waals surface area contributed by atoms with Crippen molar-refractivity contribution in [2.75, 3.05) is 26.2 Å². The van der Waals surface area contributed by atoms with Crippen LogP contribution in [-0.4, -0.2) is 49.2 Å². The highest BCUT2D eigenvalue weighted by atomic mass is 35.5. The number of hydrogen-bond donors (Lipinski definition) is 1. The monoisotopic (exact) mass is 404 g/mol. The van der Waals surface area contributed by atoms with Crippen LogP contribution in [-0.2, 0) is 9.53 Å². The van der Waals surface area contributed by atoms with Crippen molar-refractivity contribution in [3.8, 4) is 5.75 Å². The number of nitrogens with one attached hydrogen (secondary N) is 1. The third kappa shape index (κ3) is 6.57. The van der Waals surface area contributed by atoms with Gasteiger partial charge in [-0.25, -0.2) is 0 Å². The minimum absolute atomic E-state index is 0.0188. The maximum atomic E-state index is 10.9. The number of carbonyl (C=O) groups is 1. The Morgan fingerprint density at radius 2 is 2.14 bits per heavy atom. The Morgan fingerprint density at radius 1 is 1.32 bits per heavy atom. The largest absolute Gasteiger partial charge is 0.492 e. The van der Waals surface area contributed by atoms with E-state index in [2.05, 4.69) is 16.3 Å². The number of rotatable bonds is 9. The van der Waals surface area contributed by atoms with Crippen LogP contribution in [0.25, 0.3) is 0 Å². The Balaban J connectivity index is 1.38. The zero-order valence-corrected chi connectivity index (χ0v) is 17.2. The van der Waals surface area contributed by atoms with E-state index in [9.17, 15) is 4.79 Å². The van der Waals surface area contributed by atoms with Crippen molar-refractivity contribution in [3.05, 3.63) is 53.3 Å². The first-order valence-electron chi connectivity index (χ1n) is 10.0. The van der Waals surface area contributed by atoms with Crippen molar-refractivity contribution in [2.24, 2.45) is 0 Å². The molecule has 1 fully saturated rings. The van der Waals surface area contributed by atoms with Crippen LogP contribution in [0.4, 0.5) is 0 Å². The third-order valence-corrected chi connectivity index (χ3v) is 5.32. The lowest BCUT2D eigenvalue weighted by Gasteiger charge is -2.25. The molecule has 0 saturated carbocycles. The van der Waals surface area contributed by atoms with Gasteiger partial charge < -0.3 is 14.8 Å². The maximum Gasteiger partial charge on any atom is 0.216 e. The highest BCUT2D eigenvalue weighted by molar-refractivity contribution is 6.30. The molecule has 1 aliphatic carbocycles. The first kappa shape index (κ1) is 20.7. The molecule has 0 spiro atoms. The number of likely N-dealkylation sites (tertiary alicyclic amines) is 1. The van der Waals surface area contributed by atoms with Gasteiger partial charge in [0.15, 0.2) is 0 Å². The average molecular weight is 405 g/mol. The molecule has 1 saturated heterocycles. The molecule has 3 rings (SSSR count). The number of amides is 1. The lowest BCUT2D eigenvalue weighted by molar-refractivity contribution is -0.118. The normalized spacial score (nSPS) is 22.0. The second kappa shape index (κ2) is 10.5. The SMILES string of the molecule is CC(=O)NCCCN1CCC[C@H]1COC1=CCC(Oc2ccc(Cl)cc2)C=C1. The summed E-state index contributed by atoms with van der Waals surface area (Å²) in [7, 11) is 0. The lowest BCUT2D eigenvalue weighted by atomic mass is 10.1. The molecule has 1 unspecified atom stereocenters. The van der Waals surface area contributed by atoms with E-state index in [1.807, 2.05) is 36.4 Å². The third-order valence-electron chi connectivity index (χ3n) is 5.07. The Kier molecular flexibility index (Phi) is 7.80. The van der Waals surface area contributed by atoms with Gasteiger partial charge in [-0.1, -0.05) is 11.6 Å². The minimum Gasteiger partial charge on any atom is -0.492 e. The molecule has 5 nitrogen and oxygen atoms in total. The molecule has 28 heavy (non-hydrogen) atoms. The molecule has 1 aliphatic heterocycles. The van der Waals surface area contributed by atoms with E-state index < -0.39 is 0 Å². The zero-order valence-electron chi connectivity index (χ0n) is 16.4. The average Bonchev–Trinajstić information content (AvgIpc) is 3.14. The molecule has 0 radical (unpaired) electrons. The van der Waals surface area contributed by atoms with Crippen LogP contribution in [0.5, 0.6) is 5.75 Å². The van der Waals surface area contributed by atoms with Crippen molar-refractivity contribution in [1.82, 2.24) is 10.2 Å². The molecule has 0 aromatic heterocycles. The summed E-state index contributed by atoms with van der Waals surface area (Å²) in [5.41, 5.74) is 0. The van der Waals surface area contributed by atoms with Crippen molar-refractivity contribution >= 4 is 17.5 Å². The van der Waals surface area contributed by atoms with Gasteiger partial charge in [0.1, 0.15) is 24.2 Å². The molecule has 1 N–H and O–H groups in total. The van der Waals surface area contributed by atoms with Crippen LogP contribution in [0.15, 0.2) is 48.3 Å². The molecular formula is C22H29ClN2O3. The number of ether oxygens (including phenoxy) is 2. The van der Waals surface area contributed by atoms with Gasteiger partial charge in [0.05, 0.1) is 0 Å².